The number of anilines is 2. The van der Waals surface area contributed by atoms with Gasteiger partial charge in [-0.2, -0.15) is 0 Å². The first-order valence-electron chi connectivity index (χ1n) is 7.51. The van der Waals surface area contributed by atoms with E-state index < -0.39 is 0 Å². The van der Waals surface area contributed by atoms with Gasteiger partial charge in [0.2, 0.25) is 0 Å². The lowest BCUT2D eigenvalue weighted by atomic mass is 10.1. The average molecular weight is 286 g/mol. The molecule has 2 rings (SSSR count). The van der Waals surface area contributed by atoms with Gasteiger partial charge in [-0.25, -0.2) is 4.39 Å². The van der Waals surface area contributed by atoms with Gasteiger partial charge in [-0.1, -0.05) is 18.2 Å². The molecule has 0 aliphatic carbocycles. The van der Waals surface area contributed by atoms with E-state index in [1.807, 2.05) is 31.2 Å². The number of benzene rings is 2. The fourth-order valence-electron chi connectivity index (χ4n) is 2.51. The van der Waals surface area contributed by atoms with Crippen LogP contribution in [0.1, 0.15) is 32.4 Å². The van der Waals surface area contributed by atoms with Crippen LogP contribution in [-0.4, -0.2) is 13.1 Å². The van der Waals surface area contributed by atoms with Crippen molar-refractivity contribution in [1.29, 1.82) is 0 Å². The number of nitrogens with zero attached hydrogens (tertiary/aromatic N) is 1. The van der Waals surface area contributed by atoms with E-state index in [9.17, 15) is 4.39 Å². The summed E-state index contributed by atoms with van der Waals surface area (Å²) in [5.41, 5.74) is 2.90. The minimum atomic E-state index is -0.169. The normalized spacial score (nSPS) is 12.0. The van der Waals surface area contributed by atoms with Gasteiger partial charge in [-0.15, -0.1) is 0 Å². The molecule has 2 aromatic carbocycles. The summed E-state index contributed by atoms with van der Waals surface area (Å²) < 4.78 is 13.8. The van der Waals surface area contributed by atoms with Gasteiger partial charge in [0.25, 0.3) is 0 Å². The number of nitrogens with one attached hydrogen (secondary N) is 1. The van der Waals surface area contributed by atoms with Crippen molar-refractivity contribution in [2.75, 3.05) is 23.3 Å². The summed E-state index contributed by atoms with van der Waals surface area (Å²) in [5, 5.41) is 3.34. The predicted octanol–water partition coefficient (Wildman–Crippen LogP) is 4.85. The minimum Gasteiger partial charge on any atom is -0.378 e. The molecule has 3 heteroatoms. The second-order valence-corrected chi connectivity index (χ2v) is 5.11. The molecular formula is C18H23FN2. The zero-order valence-electron chi connectivity index (χ0n) is 12.9. The van der Waals surface area contributed by atoms with Gasteiger partial charge in [-0.05, 0) is 51.1 Å². The molecule has 112 valence electrons. The Balaban J connectivity index is 2.08. The van der Waals surface area contributed by atoms with Crippen molar-refractivity contribution in [1.82, 2.24) is 0 Å². The summed E-state index contributed by atoms with van der Waals surface area (Å²) in [4.78, 5) is 2.30. The third-order valence-corrected chi connectivity index (χ3v) is 3.75. The Morgan fingerprint density at radius 1 is 1.00 bits per heavy atom. The molecule has 0 aromatic heterocycles. The van der Waals surface area contributed by atoms with Crippen molar-refractivity contribution in [3.05, 3.63) is 59.9 Å². The SMILES string of the molecule is CCN(CC)c1ccc(NC(C)c2ccccc2F)cc1. The lowest BCUT2D eigenvalue weighted by molar-refractivity contribution is 0.600. The Labute approximate surface area is 126 Å². The molecule has 0 radical (unpaired) electrons. The summed E-state index contributed by atoms with van der Waals surface area (Å²) in [6.45, 7) is 8.26. The Morgan fingerprint density at radius 3 is 2.19 bits per heavy atom. The number of hydrogen-bond acceptors (Lipinski definition) is 2. The first kappa shape index (κ1) is 15.4. The molecule has 0 heterocycles. The monoisotopic (exact) mass is 286 g/mol. The molecule has 0 aliphatic rings. The highest BCUT2D eigenvalue weighted by Crippen LogP contribution is 2.23. The molecule has 0 bridgehead atoms. The maximum absolute atomic E-state index is 13.8. The molecule has 0 spiro atoms. The maximum atomic E-state index is 13.8. The highest BCUT2D eigenvalue weighted by Gasteiger charge is 2.10. The van der Waals surface area contributed by atoms with E-state index >= 15 is 0 Å². The molecule has 0 aliphatic heterocycles. The summed E-state index contributed by atoms with van der Waals surface area (Å²) >= 11 is 0. The predicted molar refractivity (Wildman–Crippen MR) is 88.4 cm³/mol. The highest BCUT2D eigenvalue weighted by atomic mass is 19.1. The van der Waals surface area contributed by atoms with Gasteiger partial charge in [0.1, 0.15) is 5.82 Å². The van der Waals surface area contributed by atoms with Gasteiger partial charge in [0.05, 0.1) is 6.04 Å². The second kappa shape index (κ2) is 7.11. The summed E-state index contributed by atoms with van der Waals surface area (Å²) in [5.74, 6) is -0.169. The topological polar surface area (TPSA) is 15.3 Å². The molecule has 21 heavy (non-hydrogen) atoms. The Morgan fingerprint density at radius 2 is 1.62 bits per heavy atom. The maximum Gasteiger partial charge on any atom is 0.128 e. The first-order chi connectivity index (χ1) is 10.2. The molecular weight excluding hydrogens is 263 g/mol. The molecule has 1 unspecified atom stereocenters. The molecule has 2 aromatic rings. The standard InChI is InChI=1S/C18H23FN2/c1-4-21(5-2)16-12-10-15(11-13-16)20-14(3)17-8-6-7-9-18(17)19/h6-14,20H,4-5H2,1-3H3. The third kappa shape index (κ3) is 3.75. The Kier molecular flexibility index (Phi) is 5.20. The van der Waals surface area contributed by atoms with Gasteiger partial charge in [0.15, 0.2) is 0 Å². The Hall–Kier alpha value is -2.03. The summed E-state index contributed by atoms with van der Waals surface area (Å²) in [7, 11) is 0. The molecule has 0 amide bonds. The molecule has 0 fully saturated rings. The van der Waals surface area contributed by atoms with Crippen LogP contribution >= 0.6 is 0 Å². The molecule has 1 N–H and O–H groups in total. The molecule has 2 nitrogen and oxygen atoms in total. The van der Waals surface area contributed by atoms with Crippen LogP contribution in [0.3, 0.4) is 0 Å². The zero-order valence-corrected chi connectivity index (χ0v) is 12.9. The number of halogens is 1. The van der Waals surface area contributed by atoms with E-state index in [4.69, 9.17) is 0 Å². The van der Waals surface area contributed by atoms with Crippen LogP contribution in [0.15, 0.2) is 48.5 Å². The zero-order chi connectivity index (χ0) is 15.2. The van der Waals surface area contributed by atoms with Crippen molar-refractivity contribution in [2.45, 2.75) is 26.8 Å². The Bertz CT molecular complexity index is 562. The van der Waals surface area contributed by atoms with Gasteiger partial charge in [-0.3, -0.25) is 0 Å². The van der Waals surface area contributed by atoms with Crippen molar-refractivity contribution in [3.8, 4) is 0 Å². The van der Waals surface area contributed by atoms with Crippen LogP contribution in [0, 0.1) is 5.82 Å². The van der Waals surface area contributed by atoms with E-state index in [-0.39, 0.29) is 11.9 Å². The molecule has 0 saturated carbocycles. The lowest BCUT2D eigenvalue weighted by Gasteiger charge is -2.22. The van der Waals surface area contributed by atoms with E-state index in [1.54, 1.807) is 6.07 Å². The van der Waals surface area contributed by atoms with Crippen molar-refractivity contribution >= 4 is 11.4 Å². The van der Waals surface area contributed by atoms with E-state index in [2.05, 4.69) is 36.2 Å². The summed E-state index contributed by atoms with van der Waals surface area (Å²) in [6, 6.07) is 15.1. The fourth-order valence-corrected chi connectivity index (χ4v) is 2.51. The van der Waals surface area contributed by atoms with Crippen LogP contribution in [-0.2, 0) is 0 Å². The number of hydrogen-bond donors (Lipinski definition) is 1. The van der Waals surface area contributed by atoms with E-state index in [1.165, 1.54) is 11.8 Å². The quantitative estimate of drug-likeness (QED) is 0.817. The lowest BCUT2D eigenvalue weighted by Crippen LogP contribution is -2.21. The van der Waals surface area contributed by atoms with Crippen LogP contribution in [0.5, 0.6) is 0 Å². The van der Waals surface area contributed by atoms with Crippen LogP contribution in [0.2, 0.25) is 0 Å². The second-order valence-electron chi connectivity index (χ2n) is 5.11. The van der Waals surface area contributed by atoms with Crippen LogP contribution in [0.25, 0.3) is 0 Å². The minimum absolute atomic E-state index is 0.0643. The van der Waals surface area contributed by atoms with Gasteiger partial charge >= 0.3 is 0 Å². The molecule has 0 saturated heterocycles. The first-order valence-corrected chi connectivity index (χ1v) is 7.51. The van der Waals surface area contributed by atoms with E-state index in [0.29, 0.717) is 5.56 Å². The number of rotatable bonds is 6. The highest BCUT2D eigenvalue weighted by molar-refractivity contribution is 5.55. The largest absolute Gasteiger partial charge is 0.378 e. The van der Waals surface area contributed by atoms with Crippen LogP contribution < -0.4 is 10.2 Å². The third-order valence-electron chi connectivity index (χ3n) is 3.75. The summed E-state index contributed by atoms with van der Waals surface area (Å²) in [6.07, 6.45) is 0. The van der Waals surface area contributed by atoms with Crippen LogP contribution in [0.4, 0.5) is 15.8 Å². The van der Waals surface area contributed by atoms with Crippen molar-refractivity contribution < 1.29 is 4.39 Å². The fraction of sp³-hybridized carbons (Fsp3) is 0.333. The van der Waals surface area contributed by atoms with Gasteiger partial charge < -0.3 is 10.2 Å². The van der Waals surface area contributed by atoms with E-state index in [0.717, 1.165) is 18.8 Å². The van der Waals surface area contributed by atoms with Crippen molar-refractivity contribution in [3.63, 3.8) is 0 Å². The molecule has 1 atom stereocenters. The average Bonchev–Trinajstić information content (AvgIpc) is 2.50. The smallest absolute Gasteiger partial charge is 0.128 e. The van der Waals surface area contributed by atoms with Crippen molar-refractivity contribution in [2.24, 2.45) is 0 Å². The van der Waals surface area contributed by atoms with Gasteiger partial charge in [0, 0.05) is 30.0 Å².